The van der Waals surface area contributed by atoms with Crippen LogP contribution >= 0.6 is 15.9 Å². The molecule has 6 heteroatoms. The molecule has 0 saturated carbocycles. The fourth-order valence-electron chi connectivity index (χ4n) is 1.59. The Balaban J connectivity index is 2.63. The Kier molecular flexibility index (Phi) is 5.62. The molecule has 2 N–H and O–H groups in total. The fraction of sp³-hybridized carbons (Fsp3) is 0.500. The van der Waals surface area contributed by atoms with Crippen LogP contribution in [0.3, 0.4) is 0 Å². The molecule has 2 nitrogen and oxygen atoms in total. The first-order chi connectivity index (χ1) is 8.34. The average molecular weight is 326 g/mol. The lowest BCUT2D eigenvalue weighted by atomic mass is 10.0. The van der Waals surface area contributed by atoms with Crippen LogP contribution in [0.4, 0.5) is 13.2 Å². The van der Waals surface area contributed by atoms with Crippen molar-refractivity contribution < 1.29 is 18.3 Å². The summed E-state index contributed by atoms with van der Waals surface area (Å²) in [6.45, 7) is 1.37. The van der Waals surface area contributed by atoms with Gasteiger partial charge in [-0.1, -0.05) is 35.0 Å². The van der Waals surface area contributed by atoms with Gasteiger partial charge in [-0.25, -0.2) is 0 Å². The average Bonchev–Trinajstić information content (AvgIpc) is 2.28. The molecule has 1 aromatic carbocycles. The smallest absolute Gasteiger partial charge is 0.382 e. The van der Waals surface area contributed by atoms with E-state index in [1.165, 1.54) is 0 Å². The highest BCUT2D eigenvalue weighted by molar-refractivity contribution is 9.10. The molecule has 0 amide bonds. The van der Waals surface area contributed by atoms with Crippen molar-refractivity contribution in [2.24, 2.45) is 0 Å². The van der Waals surface area contributed by atoms with Gasteiger partial charge in [-0.05, 0) is 24.1 Å². The summed E-state index contributed by atoms with van der Waals surface area (Å²) >= 11 is 3.31. The number of halogens is 4. The molecule has 102 valence electrons. The van der Waals surface area contributed by atoms with Crippen molar-refractivity contribution >= 4 is 15.9 Å². The van der Waals surface area contributed by atoms with Crippen molar-refractivity contribution in [3.8, 4) is 0 Å². The van der Waals surface area contributed by atoms with Crippen molar-refractivity contribution in [2.45, 2.75) is 31.7 Å². The van der Waals surface area contributed by atoms with Gasteiger partial charge in [0.05, 0.1) is 0 Å². The van der Waals surface area contributed by atoms with Crippen molar-refractivity contribution in [3.05, 3.63) is 34.3 Å². The van der Waals surface area contributed by atoms with E-state index in [1.54, 1.807) is 0 Å². The van der Waals surface area contributed by atoms with Gasteiger partial charge in [0.1, 0.15) is 0 Å². The van der Waals surface area contributed by atoms with Gasteiger partial charge in [-0.3, -0.25) is 0 Å². The lowest BCUT2D eigenvalue weighted by Gasteiger charge is -2.21. The summed E-state index contributed by atoms with van der Waals surface area (Å²) in [5.41, 5.74) is 0.890. The Labute approximate surface area is 112 Å². The van der Waals surface area contributed by atoms with Crippen LogP contribution in [0.1, 0.15) is 24.9 Å². The van der Waals surface area contributed by atoms with Gasteiger partial charge in [0.2, 0.25) is 0 Å². The molecule has 0 bridgehead atoms. The van der Waals surface area contributed by atoms with Crippen molar-refractivity contribution in [1.82, 2.24) is 5.32 Å². The maximum atomic E-state index is 12.2. The molecule has 0 fully saturated rings. The van der Waals surface area contributed by atoms with E-state index in [0.717, 1.165) is 10.0 Å². The minimum atomic E-state index is -4.58. The number of aliphatic hydroxyl groups excluding tert-OH is 1. The van der Waals surface area contributed by atoms with Gasteiger partial charge in [-0.15, -0.1) is 0 Å². The first kappa shape index (κ1) is 15.5. The first-order valence-electron chi connectivity index (χ1n) is 5.58. The summed E-state index contributed by atoms with van der Waals surface area (Å²) < 4.78 is 37.4. The van der Waals surface area contributed by atoms with Crippen molar-refractivity contribution in [3.63, 3.8) is 0 Å². The largest absolute Gasteiger partial charge is 0.415 e. The van der Waals surface area contributed by atoms with Gasteiger partial charge >= 0.3 is 6.18 Å². The quantitative estimate of drug-likeness (QED) is 0.869. The van der Waals surface area contributed by atoms with E-state index in [9.17, 15) is 13.2 Å². The second-order valence-electron chi connectivity index (χ2n) is 3.98. The highest BCUT2D eigenvalue weighted by Crippen LogP contribution is 2.23. The van der Waals surface area contributed by atoms with E-state index in [0.29, 0.717) is 6.42 Å². The molecule has 0 heterocycles. The fourth-order valence-corrected chi connectivity index (χ4v) is 2.01. The number of nitrogens with one attached hydrogen (secondary N) is 1. The Morgan fingerprint density at radius 1 is 1.39 bits per heavy atom. The van der Waals surface area contributed by atoms with Crippen LogP contribution < -0.4 is 5.32 Å². The minimum absolute atomic E-state index is 0.209. The molecule has 0 aliphatic carbocycles. The van der Waals surface area contributed by atoms with Gasteiger partial charge in [-0.2, -0.15) is 13.2 Å². The Bertz CT molecular complexity index is 384. The molecule has 1 aromatic rings. The second kappa shape index (κ2) is 6.54. The van der Waals surface area contributed by atoms with E-state index in [2.05, 4.69) is 21.2 Å². The molecule has 2 unspecified atom stereocenters. The predicted molar refractivity (Wildman–Crippen MR) is 67.2 cm³/mol. The predicted octanol–water partition coefficient (Wildman–Crippen LogP) is 3.41. The molecule has 0 aromatic heterocycles. The van der Waals surface area contributed by atoms with Gasteiger partial charge < -0.3 is 10.4 Å². The number of hydrogen-bond donors (Lipinski definition) is 2. The lowest BCUT2D eigenvalue weighted by molar-refractivity contribution is -0.202. The maximum Gasteiger partial charge on any atom is 0.415 e. The number of hydrogen-bond acceptors (Lipinski definition) is 2. The van der Waals surface area contributed by atoms with Crippen LogP contribution in [0.2, 0.25) is 0 Å². The maximum absolute atomic E-state index is 12.2. The first-order valence-corrected chi connectivity index (χ1v) is 6.37. The van der Waals surface area contributed by atoms with Gasteiger partial charge in [0.25, 0.3) is 0 Å². The molecular formula is C12H15BrF3NO. The summed E-state index contributed by atoms with van der Waals surface area (Å²) in [5.74, 6) is 0. The molecule has 2 atom stereocenters. The van der Waals surface area contributed by atoms with Crippen LogP contribution in [-0.4, -0.2) is 23.9 Å². The molecule has 0 aliphatic heterocycles. The van der Waals surface area contributed by atoms with E-state index >= 15 is 0 Å². The van der Waals surface area contributed by atoms with Crippen LogP contribution in [0.5, 0.6) is 0 Å². The third-order valence-corrected chi connectivity index (χ3v) is 3.09. The molecule has 1 rings (SSSR count). The zero-order valence-corrected chi connectivity index (χ0v) is 11.4. The Morgan fingerprint density at radius 3 is 2.56 bits per heavy atom. The topological polar surface area (TPSA) is 32.3 Å². The Morgan fingerprint density at radius 2 is 2.06 bits per heavy atom. The summed E-state index contributed by atoms with van der Waals surface area (Å²) in [6, 6.07) is 7.15. The van der Waals surface area contributed by atoms with E-state index in [4.69, 9.17) is 5.11 Å². The number of rotatable bonds is 5. The molecule has 0 spiro atoms. The summed E-state index contributed by atoms with van der Waals surface area (Å²) in [4.78, 5) is 0. The van der Waals surface area contributed by atoms with Gasteiger partial charge in [0, 0.05) is 17.1 Å². The van der Waals surface area contributed by atoms with Crippen LogP contribution in [0, 0.1) is 0 Å². The van der Waals surface area contributed by atoms with Gasteiger partial charge in [0.15, 0.2) is 6.10 Å². The molecule has 0 saturated heterocycles. The summed E-state index contributed by atoms with van der Waals surface area (Å²) in [7, 11) is 0. The third-order valence-electron chi connectivity index (χ3n) is 2.59. The summed E-state index contributed by atoms with van der Waals surface area (Å²) in [5, 5.41) is 11.7. The Hall–Kier alpha value is -0.590. The van der Waals surface area contributed by atoms with Crippen molar-refractivity contribution in [2.75, 3.05) is 6.54 Å². The van der Waals surface area contributed by atoms with Crippen LogP contribution in [-0.2, 0) is 0 Å². The highest BCUT2D eigenvalue weighted by atomic mass is 79.9. The van der Waals surface area contributed by atoms with Crippen LogP contribution in [0.15, 0.2) is 28.7 Å². The lowest BCUT2D eigenvalue weighted by Crippen LogP contribution is -2.39. The number of aliphatic hydroxyl groups is 1. The molecule has 0 radical (unpaired) electrons. The van der Waals surface area contributed by atoms with E-state index in [1.807, 2.05) is 31.2 Å². The monoisotopic (exact) mass is 325 g/mol. The number of alkyl halides is 3. The zero-order valence-electron chi connectivity index (χ0n) is 9.84. The third kappa shape index (κ3) is 4.59. The zero-order chi connectivity index (χ0) is 13.8. The number of benzene rings is 1. The minimum Gasteiger partial charge on any atom is -0.382 e. The molecular weight excluding hydrogens is 311 g/mol. The van der Waals surface area contributed by atoms with E-state index < -0.39 is 18.8 Å². The van der Waals surface area contributed by atoms with Crippen molar-refractivity contribution in [1.29, 1.82) is 0 Å². The van der Waals surface area contributed by atoms with E-state index in [-0.39, 0.29) is 6.04 Å². The SMILES string of the molecule is CCC(NCC(O)C(F)(F)F)c1cccc(Br)c1. The van der Waals surface area contributed by atoms with Crippen LogP contribution in [0.25, 0.3) is 0 Å². The summed E-state index contributed by atoms with van der Waals surface area (Å²) in [6.07, 6.45) is -6.28. The normalized spacial score (nSPS) is 15.4. The molecule has 18 heavy (non-hydrogen) atoms. The highest BCUT2D eigenvalue weighted by Gasteiger charge is 2.38. The molecule has 0 aliphatic rings. The second-order valence-corrected chi connectivity index (χ2v) is 4.90. The standard InChI is InChI=1S/C12H15BrF3NO/c1-2-10(8-4-3-5-9(13)6-8)17-7-11(18)12(14,15)16/h3-6,10-11,17-18H,2,7H2,1H3.